The van der Waals surface area contributed by atoms with E-state index in [4.69, 9.17) is 5.11 Å². The first-order chi connectivity index (χ1) is 9.94. The molecule has 2 N–H and O–H groups in total. The minimum atomic E-state index is -3.52. The van der Waals surface area contributed by atoms with Gasteiger partial charge in [-0.2, -0.15) is 0 Å². The molecule has 4 nitrogen and oxygen atoms in total. The minimum absolute atomic E-state index is 0.0183. The number of nitrogens with one attached hydrogen (secondary N) is 1. The van der Waals surface area contributed by atoms with Crippen molar-refractivity contribution < 1.29 is 13.5 Å². The molecular weight excluding hydrogens is 286 g/mol. The SMILES string of the molecule is CC(C)C(CCO)NS(=O)(=O)c1ccc2c(c1)CCCC2. The fourth-order valence-electron chi connectivity index (χ4n) is 2.81. The van der Waals surface area contributed by atoms with Gasteiger partial charge < -0.3 is 5.11 Å². The van der Waals surface area contributed by atoms with E-state index in [9.17, 15) is 8.42 Å². The molecule has 0 bridgehead atoms. The fraction of sp³-hybridized carbons (Fsp3) is 0.625. The molecule has 1 aromatic rings. The van der Waals surface area contributed by atoms with Crippen LogP contribution in [0.5, 0.6) is 0 Å². The third-order valence-corrected chi connectivity index (χ3v) is 5.67. The van der Waals surface area contributed by atoms with Gasteiger partial charge in [0.15, 0.2) is 0 Å². The van der Waals surface area contributed by atoms with Gasteiger partial charge in [0.1, 0.15) is 0 Å². The second kappa shape index (κ2) is 6.90. The van der Waals surface area contributed by atoms with Gasteiger partial charge in [-0.1, -0.05) is 19.9 Å². The molecule has 0 saturated heterocycles. The lowest BCUT2D eigenvalue weighted by Crippen LogP contribution is -2.39. The highest BCUT2D eigenvalue weighted by Crippen LogP contribution is 2.24. The highest BCUT2D eigenvalue weighted by Gasteiger charge is 2.23. The zero-order valence-corrected chi connectivity index (χ0v) is 13.6. The van der Waals surface area contributed by atoms with Gasteiger partial charge in [-0.05, 0) is 61.3 Å². The summed E-state index contributed by atoms with van der Waals surface area (Å²) >= 11 is 0. The fourth-order valence-corrected chi connectivity index (χ4v) is 4.28. The topological polar surface area (TPSA) is 66.4 Å². The van der Waals surface area contributed by atoms with E-state index >= 15 is 0 Å². The second-order valence-electron chi connectivity index (χ2n) is 6.12. The van der Waals surface area contributed by atoms with Crippen LogP contribution >= 0.6 is 0 Å². The van der Waals surface area contributed by atoms with Crippen molar-refractivity contribution in [3.05, 3.63) is 29.3 Å². The molecule has 1 aliphatic carbocycles. The molecule has 1 unspecified atom stereocenters. The van der Waals surface area contributed by atoms with E-state index in [2.05, 4.69) is 4.72 Å². The molecule has 0 saturated carbocycles. The average molecular weight is 311 g/mol. The molecule has 0 amide bonds. The second-order valence-corrected chi connectivity index (χ2v) is 7.84. The molecule has 2 rings (SSSR count). The van der Waals surface area contributed by atoms with E-state index in [1.807, 2.05) is 26.0 Å². The summed E-state index contributed by atoms with van der Waals surface area (Å²) in [6, 6.07) is 5.21. The minimum Gasteiger partial charge on any atom is -0.396 e. The first kappa shape index (κ1) is 16.5. The van der Waals surface area contributed by atoms with Crippen LogP contribution in [-0.4, -0.2) is 26.2 Å². The molecular formula is C16H25NO3S. The Morgan fingerprint density at radius 1 is 1.19 bits per heavy atom. The number of sulfonamides is 1. The van der Waals surface area contributed by atoms with E-state index in [1.54, 1.807) is 6.07 Å². The monoisotopic (exact) mass is 311 g/mol. The lowest BCUT2D eigenvalue weighted by Gasteiger charge is -2.22. The van der Waals surface area contributed by atoms with Crippen LogP contribution < -0.4 is 4.72 Å². The van der Waals surface area contributed by atoms with Gasteiger partial charge in [-0.15, -0.1) is 0 Å². The van der Waals surface area contributed by atoms with Crippen LogP contribution in [0.15, 0.2) is 23.1 Å². The van der Waals surface area contributed by atoms with Crippen molar-refractivity contribution in [1.82, 2.24) is 4.72 Å². The van der Waals surface area contributed by atoms with Crippen LogP contribution in [-0.2, 0) is 22.9 Å². The maximum absolute atomic E-state index is 12.5. The zero-order chi connectivity index (χ0) is 15.5. The summed E-state index contributed by atoms with van der Waals surface area (Å²) in [6.07, 6.45) is 4.75. The molecule has 1 aliphatic rings. The van der Waals surface area contributed by atoms with Crippen molar-refractivity contribution in [3.63, 3.8) is 0 Å². The number of rotatable bonds is 6. The van der Waals surface area contributed by atoms with Gasteiger partial charge in [0.2, 0.25) is 10.0 Å². The lowest BCUT2D eigenvalue weighted by molar-refractivity contribution is 0.256. The Balaban J connectivity index is 2.22. The Kier molecular flexibility index (Phi) is 5.41. The molecule has 0 aliphatic heterocycles. The molecule has 0 radical (unpaired) electrons. The standard InChI is InChI=1S/C16H25NO3S/c1-12(2)16(9-10-18)17-21(19,20)15-8-7-13-5-3-4-6-14(13)11-15/h7-8,11-12,16-18H,3-6,9-10H2,1-2H3. The Morgan fingerprint density at radius 3 is 2.48 bits per heavy atom. The van der Waals surface area contributed by atoms with Crippen LogP contribution in [0.2, 0.25) is 0 Å². The van der Waals surface area contributed by atoms with Gasteiger partial charge in [-0.25, -0.2) is 13.1 Å². The lowest BCUT2D eigenvalue weighted by atomic mass is 9.92. The molecule has 0 heterocycles. The van der Waals surface area contributed by atoms with Crippen molar-refractivity contribution in [2.24, 2.45) is 5.92 Å². The summed E-state index contributed by atoms with van der Waals surface area (Å²) in [4.78, 5) is 0.340. The summed E-state index contributed by atoms with van der Waals surface area (Å²) in [7, 11) is -3.52. The van der Waals surface area contributed by atoms with Crippen LogP contribution in [0.3, 0.4) is 0 Å². The van der Waals surface area contributed by atoms with Gasteiger partial charge in [0.25, 0.3) is 0 Å². The third-order valence-electron chi connectivity index (χ3n) is 4.18. The van der Waals surface area contributed by atoms with Crippen LogP contribution in [0.1, 0.15) is 44.2 Å². The highest BCUT2D eigenvalue weighted by molar-refractivity contribution is 7.89. The number of fused-ring (bicyclic) bond motifs is 1. The first-order valence-electron chi connectivity index (χ1n) is 7.69. The third kappa shape index (κ3) is 4.05. The van der Waals surface area contributed by atoms with Crippen molar-refractivity contribution in [2.75, 3.05) is 6.61 Å². The first-order valence-corrected chi connectivity index (χ1v) is 9.17. The molecule has 0 spiro atoms. The summed E-state index contributed by atoms with van der Waals surface area (Å²) in [6.45, 7) is 3.89. The van der Waals surface area contributed by atoms with Gasteiger partial charge in [0.05, 0.1) is 4.90 Å². The number of benzene rings is 1. The quantitative estimate of drug-likeness (QED) is 0.847. The summed E-state index contributed by atoms with van der Waals surface area (Å²) in [5, 5.41) is 9.08. The largest absolute Gasteiger partial charge is 0.396 e. The predicted octanol–water partition coefficient (Wildman–Crippen LogP) is 2.25. The van der Waals surface area contributed by atoms with Crippen LogP contribution in [0, 0.1) is 5.92 Å². The summed E-state index contributed by atoms with van der Waals surface area (Å²) < 4.78 is 27.8. The van der Waals surface area contributed by atoms with E-state index in [0.29, 0.717) is 11.3 Å². The van der Waals surface area contributed by atoms with Crippen molar-refractivity contribution in [1.29, 1.82) is 0 Å². The smallest absolute Gasteiger partial charge is 0.240 e. The Labute approximate surface area is 127 Å². The van der Waals surface area contributed by atoms with Gasteiger partial charge >= 0.3 is 0 Å². The zero-order valence-electron chi connectivity index (χ0n) is 12.8. The molecule has 118 valence electrons. The van der Waals surface area contributed by atoms with Crippen LogP contribution in [0.25, 0.3) is 0 Å². The molecule has 5 heteroatoms. The molecule has 1 aromatic carbocycles. The van der Waals surface area contributed by atoms with E-state index in [0.717, 1.165) is 24.8 Å². The summed E-state index contributed by atoms with van der Waals surface area (Å²) in [5.41, 5.74) is 2.43. The van der Waals surface area contributed by atoms with Gasteiger partial charge in [-0.3, -0.25) is 0 Å². The van der Waals surface area contributed by atoms with E-state index < -0.39 is 10.0 Å². The normalized spacial score (nSPS) is 16.8. The van der Waals surface area contributed by atoms with Crippen molar-refractivity contribution >= 4 is 10.0 Å². The van der Waals surface area contributed by atoms with Crippen LogP contribution in [0.4, 0.5) is 0 Å². The number of hydrogen-bond donors (Lipinski definition) is 2. The average Bonchev–Trinajstić information content (AvgIpc) is 2.46. The van der Waals surface area contributed by atoms with Crippen molar-refractivity contribution in [3.8, 4) is 0 Å². The maximum atomic E-state index is 12.5. The van der Waals surface area contributed by atoms with E-state index in [-0.39, 0.29) is 18.6 Å². The highest BCUT2D eigenvalue weighted by atomic mass is 32.2. The Hall–Kier alpha value is -0.910. The molecule has 0 aromatic heterocycles. The number of hydrogen-bond acceptors (Lipinski definition) is 3. The van der Waals surface area contributed by atoms with Crippen molar-refractivity contribution in [2.45, 2.75) is 56.9 Å². The van der Waals surface area contributed by atoms with Gasteiger partial charge in [0, 0.05) is 12.6 Å². The maximum Gasteiger partial charge on any atom is 0.240 e. The summed E-state index contributed by atoms with van der Waals surface area (Å²) in [5.74, 6) is 0.143. The molecule has 21 heavy (non-hydrogen) atoms. The van der Waals surface area contributed by atoms with E-state index in [1.165, 1.54) is 12.0 Å². The Morgan fingerprint density at radius 2 is 1.86 bits per heavy atom. The number of aliphatic hydroxyl groups is 1. The molecule has 1 atom stereocenters. The number of aliphatic hydroxyl groups excluding tert-OH is 1. The molecule has 0 fully saturated rings. The Bertz CT molecular complexity index is 581. The predicted molar refractivity (Wildman–Crippen MR) is 83.7 cm³/mol. The number of aryl methyl sites for hydroxylation is 2.